The maximum atomic E-state index is 13.1. The Labute approximate surface area is 91.9 Å². The van der Waals surface area contributed by atoms with Crippen molar-refractivity contribution in [2.75, 3.05) is 0 Å². The lowest BCUT2D eigenvalue weighted by molar-refractivity contribution is 0.760. The number of rotatable bonds is 2. The van der Waals surface area contributed by atoms with E-state index in [9.17, 15) is 4.39 Å². The average Bonchev–Trinajstić information content (AvgIpc) is 2.82. The second-order valence-corrected chi connectivity index (χ2v) is 3.86. The van der Waals surface area contributed by atoms with E-state index in [-0.39, 0.29) is 5.83 Å². The Morgan fingerprint density at radius 2 is 2.07 bits per heavy atom. The highest BCUT2D eigenvalue weighted by molar-refractivity contribution is 7.13. The van der Waals surface area contributed by atoms with Crippen LogP contribution < -0.4 is 0 Å². The predicted octanol–water partition coefficient (Wildman–Crippen LogP) is 3.95. The normalized spacial score (nSPS) is 11.7. The smallest absolute Gasteiger partial charge is 0.126 e. The largest absolute Gasteiger partial charge is 0.245 e. The summed E-state index contributed by atoms with van der Waals surface area (Å²) in [6.07, 6.45) is 2.96. The fourth-order valence-corrected chi connectivity index (χ4v) is 1.90. The van der Waals surface area contributed by atoms with E-state index in [4.69, 9.17) is 0 Å². The molecule has 0 aliphatic carbocycles. The Morgan fingerprint density at radius 3 is 2.60 bits per heavy atom. The van der Waals surface area contributed by atoms with Crippen molar-refractivity contribution in [3.8, 4) is 10.6 Å². The third-order valence-corrected chi connectivity index (χ3v) is 2.84. The molecular weight excluding hydrogens is 209 g/mol. The first kappa shape index (κ1) is 10.1. The summed E-state index contributed by atoms with van der Waals surface area (Å²) in [6, 6.07) is 7.18. The van der Waals surface area contributed by atoms with Crippen molar-refractivity contribution in [3.05, 3.63) is 54.4 Å². The number of hydrogen-bond acceptors (Lipinski definition) is 2. The molecule has 3 heteroatoms. The van der Waals surface area contributed by atoms with Gasteiger partial charge in [0.15, 0.2) is 0 Å². The van der Waals surface area contributed by atoms with Gasteiger partial charge in [-0.1, -0.05) is 24.3 Å². The summed E-state index contributed by atoms with van der Waals surface area (Å²) in [7, 11) is 0. The van der Waals surface area contributed by atoms with Gasteiger partial charge in [-0.2, -0.15) is 0 Å². The van der Waals surface area contributed by atoms with Crippen molar-refractivity contribution in [2.24, 2.45) is 0 Å². The molecule has 0 aliphatic heterocycles. The predicted molar refractivity (Wildman–Crippen MR) is 62.0 cm³/mol. The highest BCUT2D eigenvalue weighted by Gasteiger charge is 2.02. The molecule has 0 fully saturated rings. The van der Waals surface area contributed by atoms with Crippen LogP contribution >= 0.6 is 11.3 Å². The molecular formula is C12H9FNS. The highest BCUT2D eigenvalue weighted by Crippen LogP contribution is 2.24. The number of nitrogens with zero attached hydrogens (tertiary/aromatic N) is 1. The minimum absolute atomic E-state index is 0.305. The first-order chi connectivity index (χ1) is 7.31. The van der Waals surface area contributed by atoms with Crippen molar-refractivity contribution in [1.29, 1.82) is 0 Å². The quantitative estimate of drug-likeness (QED) is 0.743. The van der Waals surface area contributed by atoms with Crippen LogP contribution in [0.15, 0.2) is 41.9 Å². The molecule has 0 amide bonds. The Morgan fingerprint density at radius 1 is 1.33 bits per heavy atom. The maximum Gasteiger partial charge on any atom is 0.126 e. The monoisotopic (exact) mass is 218 g/mol. The van der Waals surface area contributed by atoms with Crippen molar-refractivity contribution in [3.63, 3.8) is 0 Å². The van der Waals surface area contributed by atoms with E-state index < -0.39 is 0 Å². The molecule has 0 atom stereocenters. The molecule has 15 heavy (non-hydrogen) atoms. The highest BCUT2D eigenvalue weighted by atomic mass is 32.1. The topological polar surface area (TPSA) is 12.9 Å². The first-order valence-electron chi connectivity index (χ1n) is 4.46. The zero-order chi connectivity index (χ0) is 10.7. The van der Waals surface area contributed by atoms with Gasteiger partial charge in [0.05, 0.1) is 0 Å². The molecule has 0 bridgehead atoms. The molecule has 0 spiro atoms. The van der Waals surface area contributed by atoms with Gasteiger partial charge in [-0.25, -0.2) is 9.37 Å². The van der Waals surface area contributed by atoms with Crippen LogP contribution in [-0.2, 0) is 0 Å². The van der Waals surface area contributed by atoms with Crippen LogP contribution in [0, 0.1) is 6.92 Å². The molecule has 1 nitrogen and oxygen atoms in total. The first-order valence-corrected chi connectivity index (χ1v) is 5.34. The molecule has 2 rings (SSSR count). The Kier molecular flexibility index (Phi) is 2.92. The zero-order valence-corrected chi connectivity index (χ0v) is 8.80. The van der Waals surface area contributed by atoms with E-state index in [0.717, 1.165) is 10.6 Å². The standard InChI is InChI=1S/C12H9FNS/c1-2-11(13)9-3-5-10(6-4-9)12-14-7-8-15-12/h2-8H,1H2/b11-2+. The maximum absolute atomic E-state index is 13.1. The third-order valence-electron chi connectivity index (χ3n) is 2.02. The summed E-state index contributed by atoms with van der Waals surface area (Å²) in [6.45, 7) is 3.39. The Hall–Kier alpha value is -1.48. The van der Waals surface area contributed by atoms with Gasteiger partial charge in [0.25, 0.3) is 0 Å². The molecule has 75 valence electrons. The molecule has 1 radical (unpaired) electrons. The number of aromatic nitrogens is 1. The van der Waals surface area contributed by atoms with E-state index in [1.807, 2.05) is 17.5 Å². The molecule has 1 aromatic carbocycles. The van der Waals surface area contributed by atoms with Gasteiger partial charge < -0.3 is 0 Å². The summed E-state index contributed by atoms with van der Waals surface area (Å²) in [5.41, 5.74) is 1.55. The molecule has 0 saturated carbocycles. The summed E-state index contributed by atoms with van der Waals surface area (Å²) in [5, 5.41) is 2.86. The molecule has 2 aromatic rings. The van der Waals surface area contributed by atoms with Crippen molar-refractivity contribution < 1.29 is 4.39 Å². The van der Waals surface area contributed by atoms with Gasteiger partial charge in [0.2, 0.25) is 0 Å². The van der Waals surface area contributed by atoms with E-state index in [1.165, 1.54) is 6.08 Å². The summed E-state index contributed by atoms with van der Waals surface area (Å²) >= 11 is 1.56. The van der Waals surface area contributed by atoms with Gasteiger partial charge in [0.1, 0.15) is 10.8 Å². The Bertz CT molecular complexity index is 457. The van der Waals surface area contributed by atoms with Crippen LogP contribution in [0.5, 0.6) is 0 Å². The van der Waals surface area contributed by atoms with E-state index in [0.29, 0.717) is 5.56 Å². The van der Waals surface area contributed by atoms with E-state index >= 15 is 0 Å². The lowest BCUT2D eigenvalue weighted by atomic mass is 10.1. The van der Waals surface area contributed by atoms with Crippen LogP contribution in [0.1, 0.15) is 5.56 Å². The fraction of sp³-hybridized carbons (Fsp3) is 0. The lowest BCUT2D eigenvalue weighted by Crippen LogP contribution is -1.79. The average molecular weight is 218 g/mol. The van der Waals surface area contributed by atoms with Crippen LogP contribution in [0.25, 0.3) is 16.4 Å². The van der Waals surface area contributed by atoms with Crippen molar-refractivity contribution in [2.45, 2.75) is 0 Å². The lowest BCUT2D eigenvalue weighted by Gasteiger charge is -1.99. The van der Waals surface area contributed by atoms with E-state index in [1.54, 1.807) is 29.7 Å². The minimum Gasteiger partial charge on any atom is -0.245 e. The van der Waals surface area contributed by atoms with Crippen LogP contribution in [0.3, 0.4) is 0 Å². The summed E-state index contributed by atoms with van der Waals surface area (Å²) < 4.78 is 13.1. The molecule has 0 aliphatic rings. The van der Waals surface area contributed by atoms with Crippen LogP contribution in [0.4, 0.5) is 4.39 Å². The number of benzene rings is 1. The van der Waals surface area contributed by atoms with E-state index in [2.05, 4.69) is 11.9 Å². The van der Waals surface area contributed by atoms with Crippen molar-refractivity contribution in [1.82, 2.24) is 4.98 Å². The SMILES string of the molecule is [CH2]/C=C(/F)c1ccc(-c2nccs2)cc1. The van der Waals surface area contributed by atoms with Crippen LogP contribution in [0.2, 0.25) is 0 Å². The van der Waals surface area contributed by atoms with Gasteiger partial charge >= 0.3 is 0 Å². The number of hydrogen-bond donors (Lipinski definition) is 0. The van der Waals surface area contributed by atoms with Gasteiger partial charge in [-0.15, -0.1) is 11.3 Å². The minimum atomic E-state index is -0.305. The summed E-state index contributed by atoms with van der Waals surface area (Å²) in [4.78, 5) is 4.18. The van der Waals surface area contributed by atoms with Gasteiger partial charge in [0, 0.05) is 22.7 Å². The molecule has 1 aromatic heterocycles. The van der Waals surface area contributed by atoms with Crippen molar-refractivity contribution >= 4 is 17.2 Å². The third kappa shape index (κ3) is 2.13. The number of halogens is 1. The Balaban J connectivity index is 2.33. The molecule has 0 saturated heterocycles. The number of thiazole rings is 1. The number of allylic oxidation sites excluding steroid dienone is 1. The second kappa shape index (κ2) is 4.36. The molecule has 0 unspecified atom stereocenters. The molecule has 0 N–H and O–H groups in total. The zero-order valence-electron chi connectivity index (χ0n) is 7.98. The molecule has 1 heterocycles. The van der Waals surface area contributed by atoms with Crippen LogP contribution in [-0.4, -0.2) is 4.98 Å². The summed E-state index contributed by atoms with van der Waals surface area (Å²) in [5.74, 6) is -0.305. The fourth-order valence-electron chi connectivity index (χ4n) is 1.26. The van der Waals surface area contributed by atoms with Gasteiger partial charge in [-0.3, -0.25) is 0 Å². The van der Waals surface area contributed by atoms with Gasteiger partial charge in [-0.05, 0) is 13.0 Å². The second-order valence-electron chi connectivity index (χ2n) is 2.97.